The summed E-state index contributed by atoms with van der Waals surface area (Å²) >= 11 is 3.41. The van der Waals surface area contributed by atoms with Crippen LogP contribution in [0.5, 0.6) is 0 Å². The number of rotatable bonds is 2. The summed E-state index contributed by atoms with van der Waals surface area (Å²) in [5.41, 5.74) is 1.53. The second-order valence-corrected chi connectivity index (χ2v) is 6.78. The van der Waals surface area contributed by atoms with Crippen LogP contribution in [0.2, 0.25) is 0 Å². The molecule has 0 aliphatic carbocycles. The van der Waals surface area contributed by atoms with E-state index in [0.717, 1.165) is 30.8 Å². The van der Waals surface area contributed by atoms with Crippen LogP contribution < -0.4 is 5.32 Å². The third kappa shape index (κ3) is 5.15. The van der Waals surface area contributed by atoms with Crippen molar-refractivity contribution in [2.45, 2.75) is 26.8 Å². The Bertz CT molecular complexity index is 386. The van der Waals surface area contributed by atoms with E-state index in [0.29, 0.717) is 6.04 Å². The van der Waals surface area contributed by atoms with Crippen LogP contribution in [0.3, 0.4) is 0 Å². The number of piperazine rings is 1. The fourth-order valence-corrected chi connectivity index (χ4v) is 2.98. The minimum atomic E-state index is 0. The van der Waals surface area contributed by atoms with Gasteiger partial charge in [0, 0.05) is 38.4 Å². The topological polar surface area (TPSA) is 28.2 Å². The Labute approximate surface area is 142 Å². The SMILES string of the molecule is CC(C)(C)[C@@H](c1ccc(Br)nc1)N1CCNCC1.Cl.Cl. The Hall–Kier alpha value is 0.130. The van der Waals surface area contributed by atoms with Crippen LogP contribution >= 0.6 is 40.7 Å². The van der Waals surface area contributed by atoms with Gasteiger partial charge in [0.15, 0.2) is 0 Å². The lowest BCUT2D eigenvalue weighted by Gasteiger charge is -2.42. The fourth-order valence-electron chi connectivity index (χ4n) is 2.75. The molecule has 0 saturated carbocycles. The zero-order chi connectivity index (χ0) is 13.2. The van der Waals surface area contributed by atoms with Crippen molar-refractivity contribution in [3.8, 4) is 0 Å². The normalized spacial score (nSPS) is 17.8. The Morgan fingerprint density at radius 1 is 1.20 bits per heavy atom. The van der Waals surface area contributed by atoms with Crippen molar-refractivity contribution in [1.29, 1.82) is 0 Å². The molecular weight excluding hydrogens is 361 g/mol. The van der Waals surface area contributed by atoms with Gasteiger partial charge in [-0.25, -0.2) is 4.98 Å². The molecule has 20 heavy (non-hydrogen) atoms. The van der Waals surface area contributed by atoms with Crippen LogP contribution in [0.1, 0.15) is 32.4 Å². The lowest BCUT2D eigenvalue weighted by atomic mass is 9.81. The summed E-state index contributed by atoms with van der Waals surface area (Å²) < 4.78 is 0.902. The monoisotopic (exact) mass is 383 g/mol. The van der Waals surface area contributed by atoms with Crippen LogP contribution in [0.25, 0.3) is 0 Å². The first-order valence-electron chi connectivity index (χ1n) is 6.55. The summed E-state index contributed by atoms with van der Waals surface area (Å²) in [6.45, 7) is 11.3. The molecule has 1 aromatic heterocycles. The van der Waals surface area contributed by atoms with Gasteiger partial charge >= 0.3 is 0 Å². The maximum absolute atomic E-state index is 4.38. The zero-order valence-electron chi connectivity index (χ0n) is 12.2. The van der Waals surface area contributed by atoms with Gasteiger partial charge in [0.25, 0.3) is 0 Å². The van der Waals surface area contributed by atoms with Gasteiger partial charge in [0.05, 0.1) is 0 Å². The first-order valence-corrected chi connectivity index (χ1v) is 7.34. The lowest BCUT2D eigenvalue weighted by Crippen LogP contribution is -2.48. The fraction of sp³-hybridized carbons (Fsp3) is 0.643. The molecule has 1 aliphatic rings. The molecule has 0 unspecified atom stereocenters. The molecule has 116 valence electrons. The van der Waals surface area contributed by atoms with E-state index in [-0.39, 0.29) is 30.2 Å². The van der Waals surface area contributed by atoms with E-state index in [9.17, 15) is 0 Å². The van der Waals surface area contributed by atoms with E-state index in [4.69, 9.17) is 0 Å². The summed E-state index contributed by atoms with van der Waals surface area (Å²) in [5.74, 6) is 0. The van der Waals surface area contributed by atoms with E-state index in [2.05, 4.69) is 58.0 Å². The predicted molar refractivity (Wildman–Crippen MR) is 93.1 cm³/mol. The molecule has 3 nitrogen and oxygen atoms in total. The second kappa shape index (κ2) is 8.54. The standard InChI is InChI=1S/C14H22BrN3.2ClH/c1-14(2,3)13(18-8-6-16-7-9-18)11-4-5-12(15)17-10-11;;/h4-5,10,13,16H,6-9H2,1-3H3;2*1H/t13-;;/m1../s1. The highest BCUT2D eigenvalue weighted by molar-refractivity contribution is 9.10. The molecule has 2 heterocycles. The highest BCUT2D eigenvalue weighted by Crippen LogP contribution is 2.37. The summed E-state index contributed by atoms with van der Waals surface area (Å²) in [7, 11) is 0. The average molecular weight is 385 g/mol. The maximum atomic E-state index is 4.38. The molecule has 1 saturated heterocycles. The van der Waals surface area contributed by atoms with Crippen LogP contribution in [0.15, 0.2) is 22.9 Å². The minimum Gasteiger partial charge on any atom is -0.314 e. The third-order valence-corrected chi connectivity index (χ3v) is 3.87. The zero-order valence-corrected chi connectivity index (χ0v) is 15.4. The Balaban J connectivity index is 0.00000180. The molecule has 6 heteroatoms. The second-order valence-electron chi connectivity index (χ2n) is 5.97. The molecule has 0 spiro atoms. The summed E-state index contributed by atoms with van der Waals surface area (Å²) in [6.07, 6.45) is 2.00. The van der Waals surface area contributed by atoms with E-state index in [1.807, 2.05) is 12.3 Å². The van der Waals surface area contributed by atoms with Crippen LogP contribution in [0, 0.1) is 5.41 Å². The van der Waals surface area contributed by atoms with Crippen molar-refractivity contribution in [2.24, 2.45) is 5.41 Å². The van der Waals surface area contributed by atoms with Crippen LogP contribution in [-0.4, -0.2) is 36.1 Å². The molecule has 0 radical (unpaired) electrons. The molecule has 0 aromatic carbocycles. The Morgan fingerprint density at radius 2 is 1.80 bits per heavy atom. The molecular formula is C14H24BrCl2N3. The molecule has 1 atom stereocenters. The van der Waals surface area contributed by atoms with Crippen molar-refractivity contribution < 1.29 is 0 Å². The first-order chi connectivity index (χ1) is 8.48. The number of nitrogens with one attached hydrogen (secondary N) is 1. The van der Waals surface area contributed by atoms with Crippen LogP contribution in [-0.2, 0) is 0 Å². The summed E-state index contributed by atoms with van der Waals surface area (Å²) in [4.78, 5) is 6.95. The predicted octanol–water partition coefficient (Wildman–Crippen LogP) is 3.68. The van der Waals surface area contributed by atoms with Crippen LogP contribution in [0.4, 0.5) is 0 Å². The molecule has 1 N–H and O–H groups in total. The smallest absolute Gasteiger partial charge is 0.106 e. The van der Waals surface area contributed by atoms with Gasteiger partial charge in [0.2, 0.25) is 0 Å². The minimum absolute atomic E-state index is 0. The highest BCUT2D eigenvalue weighted by atomic mass is 79.9. The lowest BCUT2D eigenvalue weighted by molar-refractivity contribution is 0.0859. The maximum Gasteiger partial charge on any atom is 0.106 e. The van der Waals surface area contributed by atoms with Gasteiger partial charge in [0.1, 0.15) is 4.60 Å². The third-order valence-electron chi connectivity index (χ3n) is 3.40. The first kappa shape index (κ1) is 20.1. The molecule has 0 amide bonds. The van der Waals surface area contributed by atoms with Gasteiger partial charge in [-0.2, -0.15) is 0 Å². The van der Waals surface area contributed by atoms with E-state index in [1.54, 1.807) is 0 Å². The molecule has 1 aliphatic heterocycles. The molecule has 0 bridgehead atoms. The molecule has 1 fully saturated rings. The van der Waals surface area contributed by atoms with E-state index in [1.165, 1.54) is 5.56 Å². The Morgan fingerprint density at radius 3 is 2.25 bits per heavy atom. The molecule has 1 aromatic rings. The Kier molecular flexibility index (Phi) is 8.60. The van der Waals surface area contributed by atoms with Gasteiger partial charge < -0.3 is 5.32 Å². The summed E-state index contributed by atoms with van der Waals surface area (Å²) in [5, 5.41) is 3.42. The number of nitrogens with zero attached hydrogens (tertiary/aromatic N) is 2. The molecule has 2 rings (SSSR count). The van der Waals surface area contributed by atoms with E-state index < -0.39 is 0 Å². The number of halogens is 3. The van der Waals surface area contributed by atoms with Gasteiger partial charge in [-0.15, -0.1) is 24.8 Å². The van der Waals surface area contributed by atoms with Gasteiger partial charge in [-0.3, -0.25) is 4.90 Å². The number of hydrogen-bond acceptors (Lipinski definition) is 3. The van der Waals surface area contributed by atoms with Crippen molar-refractivity contribution in [3.05, 3.63) is 28.5 Å². The number of aromatic nitrogens is 1. The van der Waals surface area contributed by atoms with E-state index >= 15 is 0 Å². The quantitative estimate of drug-likeness (QED) is 0.788. The van der Waals surface area contributed by atoms with Gasteiger partial charge in [-0.1, -0.05) is 26.8 Å². The average Bonchev–Trinajstić information content (AvgIpc) is 2.32. The number of hydrogen-bond donors (Lipinski definition) is 1. The summed E-state index contributed by atoms with van der Waals surface area (Å²) in [6, 6.07) is 4.66. The van der Waals surface area contributed by atoms with Gasteiger partial charge in [-0.05, 0) is 33.0 Å². The van der Waals surface area contributed by atoms with Crippen molar-refractivity contribution in [1.82, 2.24) is 15.2 Å². The van der Waals surface area contributed by atoms with Crippen molar-refractivity contribution >= 4 is 40.7 Å². The van der Waals surface area contributed by atoms with Crippen molar-refractivity contribution in [2.75, 3.05) is 26.2 Å². The number of pyridine rings is 1. The van der Waals surface area contributed by atoms with Crippen molar-refractivity contribution in [3.63, 3.8) is 0 Å². The largest absolute Gasteiger partial charge is 0.314 e. The highest BCUT2D eigenvalue weighted by Gasteiger charge is 2.32.